The van der Waals surface area contributed by atoms with Gasteiger partial charge in [0, 0.05) is 28.4 Å². The predicted octanol–water partition coefficient (Wildman–Crippen LogP) is 7.92. The van der Waals surface area contributed by atoms with Crippen LogP contribution >= 0.6 is 0 Å². The summed E-state index contributed by atoms with van der Waals surface area (Å²) < 4.78 is 81.4. The number of allylic oxidation sites excluding steroid dienone is 1. The number of nitriles is 1. The standard InChI is InChI=1S/C25H16F6N2/c1-2-33-22-6-4-3-5-20(22)21-10-15(7-8-23(21)33)9-17(14-32)16-11-18(24(26,27)28)13-19(12-16)25(29,30)31/h3-13H,2H2,1H3/b17-9+. The van der Waals surface area contributed by atoms with Crippen LogP contribution in [0, 0.1) is 11.3 Å². The highest BCUT2D eigenvalue weighted by Crippen LogP contribution is 2.38. The third-order valence-electron chi connectivity index (χ3n) is 5.44. The first-order chi connectivity index (χ1) is 15.5. The van der Waals surface area contributed by atoms with E-state index in [1.807, 2.05) is 37.3 Å². The summed E-state index contributed by atoms with van der Waals surface area (Å²) in [6.07, 6.45) is -8.68. The quantitative estimate of drug-likeness (QED) is 0.174. The molecule has 0 saturated heterocycles. The van der Waals surface area contributed by atoms with Gasteiger partial charge in [-0.25, -0.2) is 0 Å². The molecule has 4 rings (SSSR count). The van der Waals surface area contributed by atoms with E-state index in [9.17, 15) is 31.6 Å². The van der Waals surface area contributed by atoms with E-state index in [4.69, 9.17) is 0 Å². The van der Waals surface area contributed by atoms with Crippen molar-refractivity contribution in [2.75, 3.05) is 0 Å². The molecule has 1 aromatic heterocycles. The molecule has 1 heterocycles. The Bertz CT molecular complexity index is 1400. The number of para-hydroxylation sites is 1. The number of hydrogen-bond acceptors (Lipinski definition) is 1. The average Bonchev–Trinajstić information content (AvgIpc) is 3.09. The number of hydrogen-bond donors (Lipinski definition) is 0. The zero-order valence-electron chi connectivity index (χ0n) is 17.2. The molecule has 2 nitrogen and oxygen atoms in total. The molecule has 0 radical (unpaired) electrons. The van der Waals surface area contributed by atoms with E-state index in [0.29, 0.717) is 24.2 Å². The maximum absolute atomic E-state index is 13.2. The van der Waals surface area contributed by atoms with Crippen molar-refractivity contribution < 1.29 is 26.3 Å². The molecule has 0 fully saturated rings. The van der Waals surface area contributed by atoms with E-state index < -0.39 is 29.0 Å². The van der Waals surface area contributed by atoms with Crippen molar-refractivity contribution in [2.45, 2.75) is 25.8 Å². The second-order valence-corrected chi connectivity index (χ2v) is 7.50. The zero-order valence-corrected chi connectivity index (χ0v) is 17.2. The van der Waals surface area contributed by atoms with E-state index >= 15 is 0 Å². The van der Waals surface area contributed by atoms with Crippen LogP contribution in [0.1, 0.15) is 29.2 Å². The van der Waals surface area contributed by atoms with E-state index in [2.05, 4.69) is 4.57 Å². The molecule has 3 aromatic carbocycles. The molecule has 0 bridgehead atoms. The minimum Gasteiger partial charge on any atom is -0.341 e. The lowest BCUT2D eigenvalue weighted by Gasteiger charge is -2.14. The average molecular weight is 458 g/mol. The van der Waals surface area contributed by atoms with E-state index in [-0.39, 0.29) is 11.6 Å². The Morgan fingerprint density at radius 3 is 2.03 bits per heavy atom. The van der Waals surface area contributed by atoms with E-state index in [1.54, 1.807) is 18.2 Å². The molecule has 168 valence electrons. The lowest BCUT2D eigenvalue weighted by atomic mass is 9.97. The molecule has 0 atom stereocenters. The predicted molar refractivity (Wildman–Crippen MR) is 115 cm³/mol. The molecule has 0 aliphatic carbocycles. The summed E-state index contributed by atoms with van der Waals surface area (Å²) in [5.41, 5.74) is -1.24. The fourth-order valence-electron chi connectivity index (χ4n) is 3.96. The number of fused-ring (bicyclic) bond motifs is 3. The Morgan fingerprint density at radius 2 is 1.45 bits per heavy atom. The topological polar surface area (TPSA) is 28.7 Å². The van der Waals surface area contributed by atoms with Crippen LogP contribution in [0.4, 0.5) is 26.3 Å². The molecule has 0 N–H and O–H groups in total. The summed E-state index contributed by atoms with van der Waals surface area (Å²) >= 11 is 0. The largest absolute Gasteiger partial charge is 0.416 e. The Kier molecular flexibility index (Phi) is 5.44. The summed E-state index contributed by atoms with van der Waals surface area (Å²) in [6, 6.07) is 15.9. The van der Waals surface area contributed by atoms with E-state index in [1.165, 1.54) is 6.08 Å². The van der Waals surface area contributed by atoms with Gasteiger partial charge in [0.05, 0.1) is 22.8 Å². The second-order valence-electron chi connectivity index (χ2n) is 7.50. The maximum atomic E-state index is 13.2. The van der Waals surface area contributed by atoms with Gasteiger partial charge in [0.15, 0.2) is 0 Å². The fourth-order valence-corrected chi connectivity index (χ4v) is 3.96. The highest BCUT2D eigenvalue weighted by Gasteiger charge is 2.37. The maximum Gasteiger partial charge on any atom is 0.416 e. The summed E-state index contributed by atoms with van der Waals surface area (Å²) in [5.74, 6) is 0. The van der Waals surface area contributed by atoms with Crippen LogP contribution in [0.2, 0.25) is 0 Å². The van der Waals surface area contributed by atoms with Crippen molar-refractivity contribution in [3.8, 4) is 6.07 Å². The molecular weight excluding hydrogens is 442 g/mol. The molecule has 0 saturated carbocycles. The molecule has 0 amide bonds. The lowest BCUT2D eigenvalue weighted by Crippen LogP contribution is -2.11. The molecule has 0 aliphatic heterocycles. The van der Waals surface area contributed by atoms with Crippen LogP contribution in [-0.4, -0.2) is 4.57 Å². The van der Waals surface area contributed by atoms with Crippen molar-refractivity contribution in [3.05, 3.63) is 82.9 Å². The van der Waals surface area contributed by atoms with Gasteiger partial charge < -0.3 is 4.57 Å². The van der Waals surface area contributed by atoms with Crippen molar-refractivity contribution in [3.63, 3.8) is 0 Å². The molecular formula is C25H16F6N2. The van der Waals surface area contributed by atoms with Gasteiger partial charge in [-0.3, -0.25) is 0 Å². The van der Waals surface area contributed by atoms with Gasteiger partial charge in [-0.1, -0.05) is 24.3 Å². The third kappa shape index (κ3) is 4.19. The van der Waals surface area contributed by atoms with E-state index in [0.717, 1.165) is 21.8 Å². The van der Waals surface area contributed by atoms with Crippen molar-refractivity contribution in [2.24, 2.45) is 0 Å². The number of aromatic nitrogens is 1. The summed E-state index contributed by atoms with van der Waals surface area (Å²) in [4.78, 5) is 0. The van der Waals surface area contributed by atoms with Crippen molar-refractivity contribution >= 4 is 33.5 Å². The Morgan fingerprint density at radius 1 is 0.848 bits per heavy atom. The lowest BCUT2D eigenvalue weighted by molar-refractivity contribution is -0.143. The number of aryl methyl sites for hydroxylation is 1. The molecule has 0 unspecified atom stereocenters. The highest BCUT2D eigenvalue weighted by atomic mass is 19.4. The minimum atomic E-state index is -4.99. The van der Waals surface area contributed by atoms with Gasteiger partial charge >= 0.3 is 12.4 Å². The van der Waals surface area contributed by atoms with Crippen molar-refractivity contribution in [1.82, 2.24) is 4.57 Å². The van der Waals surface area contributed by atoms with Gasteiger partial charge in [-0.2, -0.15) is 31.6 Å². The van der Waals surface area contributed by atoms with Crippen LogP contribution in [0.5, 0.6) is 0 Å². The van der Waals surface area contributed by atoms with Gasteiger partial charge in [-0.05, 0) is 60.5 Å². The number of benzene rings is 3. The monoisotopic (exact) mass is 458 g/mol. The van der Waals surface area contributed by atoms with Crippen LogP contribution in [0.25, 0.3) is 33.5 Å². The third-order valence-corrected chi connectivity index (χ3v) is 5.44. The van der Waals surface area contributed by atoms with Gasteiger partial charge in [-0.15, -0.1) is 0 Å². The number of halogens is 6. The smallest absolute Gasteiger partial charge is 0.341 e. The molecule has 8 heteroatoms. The number of rotatable bonds is 3. The Labute approximate surface area is 185 Å². The number of nitrogens with zero attached hydrogens (tertiary/aromatic N) is 2. The normalized spacial score (nSPS) is 13.0. The highest BCUT2D eigenvalue weighted by molar-refractivity contribution is 6.09. The molecule has 4 aromatic rings. The van der Waals surface area contributed by atoms with Gasteiger partial charge in [0.25, 0.3) is 0 Å². The molecule has 0 spiro atoms. The fraction of sp³-hybridized carbons (Fsp3) is 0.160. The first kappa shape index (κ1) is 22.5. The second kappa shape index (κ2) is 8.00. The van der Waals surface area contributed by atoms with Gasteiger partial charge in [0.2, 0.25) is 0 Å². The first-order valence-electron chi connectivity index (χ1n) is 9.95. The van der Waals surface area contributed by atoms with Crippen LogP contribution in [-0.2, 0) is 18.9 Å². The van der Waals surface area contributed by atoms with Gasteiger partial charge in [0.1, 0.15) is 0 Å². The zero-order chi connectivity index (χ0) is 24.0. The summed E-state index contributed by atoms with van der Waals surface area (Å²) in [5, 5.41) is 11.4. The van der Waals surface area contributed by atoms with Crippen LogP contribution < -0.4 is 0 Å². The van der Waals surface area contributed by atoms with Crippen LogP contribution in [0.3, 0.4) is 0 Å². The van der Waals surface area contributed by atoms with Crippen LogP contribution in [0.15, 0.2) is 60.7 Å². The van der Waals surface area contributed by atoms with Crippen molar-refractivity contribution in [1.29, 1.82) is 5.26 Å². The SMILES string of the molecule is CCn1c2ccccc2c2cc(/C=C(\C#N)c3cc(C(F)(F)F)cc(C(F)(F)F)c3)ccc21. The number of alkyl halides is 6. The minimum absolute atomic E-state index is 0.0458. The first-order valence-corrected chi connectivity index (χ1v) is 9.95. The Balaban J connectivity index is 1.90. The molecule has 0 aliphatic rings. The summed E-state index contributed by atoms with van der Waals surface area (Å²) in [6.45, 7) is 2.71. The molecule has 33 heavy (non-hydrogen) atoms. The summed E-state index contributed by atoms with van der Waals surface area (Å²) in [7, 11) is 0. The Hall–Kier alpha value is -3.73.